The fourth-order valence-corrected chi connectivity index (χ4v) is 5.33. The van der Waals surface area contributed by atoms with Gasteiger partial charge in [0, 0.05) is 49.0 Å². The van der Waals surface area contributed by atoms with Crippen molar-refractivity contribution in [3.05, 3.63) is 84.1 Å². The molecule has 1 aliphatic heterocycles. The van der Waals surface area contributed by atoms with Crippen molar-refractivity contribution in [2.24, 2.45) is 0 Å². The molecule has 2 amide bonds. The van der Waals surface area contributed by atoms with Gasteiger partial charge in [-0.1, -0.05) is 12.1 Å². The second-order valence-electron chi connectivity index (χ2n) is 10.6. The molecule has 0 saturated carbocycles. The zero-order valence-electron chi connectivity index (χ0n) is 25.2. The Morgan fingerprint density at radius 1 is 1.02 bits per heavy atom. The number of carbonyl (C=O) groups excluding carboxylic acids is 1. The SMILES string of the molecule is COc1cc(N2CCOCC2)ccc1Nc1cc(N(C)C(=O)Nc2cccc3c2c(C)nn3Cc2cccc(C)n2)ncn1. The third-order valence-electron chi connectivity index (χ3n) is 7.58. The number of fused-ring (bicyclic) bond motifs is 1. The van der Waals surface area contributed by atoms with E-state index in [2.05, 4.69) is 30.5 Å². The van der Waals surface area contributed by atoms with Crippen LogP contribution < -0.4 is 25.2 Å². The molecule has 226 valence electrons. The van der Waals surface area contributed by atoms with Gasteiger partial charge in [-0.15, -0.1) is 0 Å². The molecule has 0 atom stereocenters. The van der Waals surface area contributed by atoms with E-state index in [9.17, 15) is 4.79 Å². The van der Waals surface area contributed by atoms with Crippen molar-refractivity contribution >= 4 is 45.6 Å². The Kier molecular flexibility index (Phi) is 8.24. The minimum absolute atomic E-state index is 0.345. The number of rotatable bonds is 8. The molecule has 0 bridgehead atoms. The van der Waals surface area contributed by atoms with Crippen LogP contribution in [-0.4, -0.2) is 71.2 Å². The van der Waals surface area contributed by atoms with Crippen molar-refractivity contribution < 1.29 is 14.3 Å². The standard InChI is InChI=1S/C32H35N9O3/c1-21-7-5-8-23(35-21)19-41-27-10-6-9-26(31(27)22(2)38-41)37-32(42)39(3)30-18-29(33-20-34-30)36-25-12-11-24(17-28(25)43-4)40-13-15-44-16-14-40/h5-12,17-18,20H,13-16,19H2,1-4H3,(H,37,42)(H,33,34,36). The maximum absolute atomic E-state index is 13.4. The Labute approximate surface area is 255 Å². The average molecular weight is 594 g/mol. The molecule has 12 nitrogen and oxygen atoms in total. The van der Waals surface area contributed by atoms with E-state index in [1.54, 1.807) is 20.2 Å². The molecule has 2 aromatic carbocycles. The van der Waals surface area contributed by atoms with Crippen LogP contribution in [0.4, 0.5) is 33.5 Å². The van der Waals surface area contributed by atoms with Crippen molar-refractivity contribution in [1.82, 2.24) is 24.7 Å². The largest absolute Gasteiger partial charge is 0.494 e. The highest BCUT2D eigenvalue weighted by Gasteiger charge is 2.19. The van der Waals surface area contributed by atoms with Crippen LogP contribution in [0.5, 0.6) is 5.75 Å². The van der Waals surface area contributed by atoms with Crippen molar-refractivity contribution in [3.8, 4) is 5.75 Å². The molecule has 12 heteroatoms. The van der Waals surface area contributed by atoms with Crippen molar-refractivity contribution in [2.75, 3.05) is 60.9 Å². The number of nitrogens with zero attached hydrogens (tertiary/aromatic N) is 7. The van der Waals surface area contributed by atoms with Gasteiger partial charge >= 0.3 is 6.03 Å². The fraction of sp³-hybridized carbons (Fsp3) is 0.281. The number of hydrogen-bond acceptors (Lipinski definition) is 9. The topological polar surface area (TPSA) is 123 Å². The average Bonchev–Trinajstić information content (AvgIpc) is 3.36. The molecule has 0 aliphatic carbocycles. The van der Waals surface area contributed by atoms with Gasteiger partial charge in [-0.2, -0.15) is 5.10 Å². The van der Waals surface area contributed by atoms with E-state index in [0.717, 1.165) is 52.4 Å². The van der Waals surface area contributed by atoms with Crippen LogP contribution in [0.15, 0.2) is 67.0 Å². The van der Waals surface area contributed by atoms with E-state index in [0.29, 0.717) is 42.8 Å². The molecular formula is C32H35N9O3. The van der Waals surface area contributed by atoms with E-state index in [1.807, 2.05) is 73.1 Å². The Hall–Kier alpha value is -5.23. The number of ether oxygens (including phenoxy) is 2. The van der Waals surface area contributed by atoms with Crippen molar-refractivity contribution in [3.63, 3.8) is 0 Å². The smallest absolute Gasteiger partial charge is 0.327 e. The van der Waals surface area contributed by atoms with E-state index < -0.39 is 0 Å². The second-order valence-corrected chi connectivity index (χ2v) is 10.6. The first kappa shape index (κ1) is 28.9. The minimum Gasteiger partial charge on any atom is -0.494 e. The molecular weight excluding hydrogens is 558 g/mol. The first-order valence-electron chi connectivity index (χ1n) is 14.4. The Balaban J connectivity index is 1.18. The monoisotopic (exact) mass is 593 g/mol. The highest BCUT2D eigenvalue weighted by molar-refractivity contribution is 6.07. The van der Waals surface area contributed by atoms with Gasteiger partial charge in [0.2, 0.25) is 0 Å². The molecule has 1 aliphatic rings. The molecule has 4 heterocycles. The third kappa shape index (κ3) is 6.11. The summed E-state index contributed by atoms with van der Waals surface area (Å²) in [5.74, 6) is 1.63. The van der Waals surface area contributed by atoms with Crippen molar-refractivity contribution in [1.29, 1.82) is 0 Å². The lowest BCUT2D eigenvalue weighted by molar-refractivity contribution is 0.122. The lowest BCUT2D eigenvalue weighted by Crippen LogP contribution is -2.36. The second kappa shape index (κ2) is 12.6. The number of urea groups is 1. The van der Waals surface area contributed by atoms with Gasteiger partial charge in [0.15, 0.2) is 0 Å². The zero-order valence-corrected chi connectivity index (χ0v) is 25.2. The highest BCUT2D eigenvalue weighted by Crippen LogP contribution is 2.33. The summed E-state index contributed by atoms with van der Waals surface area (Å²) >= 11 is 0. The number of anilines is 5. The number of hydrogen-bond donors (Lipinski definition) is 2. The van der Waals surface area contributed by atoms with E-state index in [4.69, 9.17) is 14.6 Å². The van der Waals surface area contributed by atoms with Crippen LogP contribution in [0.3, 0.4) is 0 Å². The third-order valence-corrected chi connectivity index (χ3v) is 7.58. The van der Waals surface area contributed by atoms with Crippen LogP contribution in [0, 0.1) is 13.8 Å². The van der Waals surface area contributed by atoms with Gasteiger partial charge in [-0.3, -0.25) is 14.6 Å². The lowest BCUT2D eigenvalue weighted by atomic mass is 10.1. The number of carbonyl (C=O) groups is 1. The van der Waals surface area contributed by atoms with E-state index >= 15 is 0 Å². The first-order valence-corrected chi connectivity index (χ1v) is 14.4. The summed E-state index contributed by atoms with van der Waals surface area (Å²) in [5.41, 5.74) is 6.08. The predicted octanol–water partition coefficient (Wildman–Crippen LogP) is 5.14. The summed E-state index contributed by atoms with van der Waals surface area (Å²) < 4.78 is 13.1. The van der Waals surface area contributed by atoms with Gasteiger partial charge in [0.1, 0.15) is 23.7 Å². The zero-order chi connectivity index (χ0) is 30.6. The fourth-order valence-electron chi connectivity index (χ4n) is 5.33. The van der Waals surface area contributed by atoms with Crippen molar-refractivity contribution in [2.45, 2.75) is 20.4 Å². The van der Waals surface area contributed by atoms with E-state index in [1.165, 1.54) is 11.2 Å². The number of pyridine rings is 1. The van der Waals surface area contributed by atoms with Gasteiger partial charge in [-0.05, 0) is 50.2 Å². The molecule has 1 fully saturated rings. The van der Waals surface area contributed by atoms with Gasteiger partial charge in [0.25, 0.3) is 0 Å². The first-order chi connectivity index (χ1) is 21.4. The minimum atomic E-state index is -0.345. The Bertz CT molecular complexity index is 1800. The summed E-state index contributed by atoms with van der Waals surface area (Å²) in [6, 6.07) is 19.1. The normalized spacial score (nSPS) is 13.1. The number of nitrogens with one attached hydrogen (secondary N) is 2. The molecule has 44 heavy (non-hydrogen) atoms. The summed E-state index contributed by atoms with van der Waals surface area (Å²) in [5, 5.41) is 12.0. The van der Waals surface area contributed by atoms with Crippen LogP contribution in [0.1, 0.15) is 17.1 Å². The molecule has 0 unspecified atom stereocenters. The molecule has 1 saturated heterocycles. The van der Waals surface area contributed by atoms with Gasteiger partial charge in [0.05, 0.1) is 55.1 Å². The van der Waals surface area contributed by atoms with E-state index in [-0.39, 0.29) is 6.03 Å². The summed E-state index contributed by atoms with van der Waals surface area (Å²) in [4.78, 5) is 30.4. The number of methoxy groups -OCH3 is 1. The number of amides is 2. The molecule has 3 aromatic heterocycles. The number of aromatic nitrogens is 5. The van der Waals surface area contributed by atoms with Crippen LogP contribution in [0.25, 0.3) is 10.9 Å². The van der Waals surface area contributed by atoms with Gasteiger partial charge < -0.3 is 25.0 Å². The van der Waals surface area contributed by atoms with Crippen LogP contribution in [-0.2, 0) is 11.3 Å². The molecule has 0 radical (unpaired) electrons. The molecule has 5 aromatic rings. The molecule has 2 N–H and O–H groups in total. The Morgan fingerprint density at radius 2 is 1.84 bits per heavy atom. The lowest BCUT2D eigenvalue weighted by Gasteiger charge is -2.29. The quantitative estimate of drug-likeness (QED) is 0.252. The summed E-state index contributed by atoms with van der Waals surface area (Å²) in [6.07, 6.45) is 1.42. The Morgan fingerprint density at radius 3 is 2.64 bits per heavy atom. The number of benzene rings is 2. The number of morpholine rings is 1. The summed E-state index contributed by atoms with van der Waals surface area (Å²) in [7, 11) is 3.30. The molecule has 0 spiro atoms. The van der Waals surface area contributed by atoms with Crippen LogP contribution >= 0.6 is 0 Å². The number of aryl methyl sites for hydroxylation is 2. The highest BCUT2D eigenvalue weighted by atomic mass is 16.5. The summed E-state index contributed by atoms with van der Waals surface area (Å²) in [6.45, 7) is 7.51. The maximum atomic E-state index is 13.4. The predicted molar refractivity (Wildman–Crippen MR) is 171 cm³/mol. The van der Waals surface area contributed by atoms with Crippen LogP contribution in [0.2, 0.25) is 0 Å². The molecule has 6 rings (SSSR count). The maximum Gasteiger partial charge on any atom is 0.327 e. The van der Waals surface area contributed by atoms with Gasteiger partial charge in [-0.25, -0.2) is 14.8 Å².